The first kappa shape index (κ1) is 16.6. The Hall–Kier alpha value is -2.57. The lowest BCUT2D eigenvalue weighted by Gasteiger charge is -2.35. The van der Waals surface area contributed by atoms with Crippen LogP contribution in [0.1, 0.15) is 17.9 Å². The van der Waals surface area contributed by atoms with E-state index in [9.17, 15) is 4.39 Å². The summed E-state index contributed by atoms with van der Waals surface area (Å²) in [4.78, 5) is 11.4. The normalized spacial score (nSPS) is 22.3. The summed E-state index contributed by atoms with van der Waals surface area (Å²) in [6.07, 6.45) is 4.69. The molecular formula is C21H21FN4O. The van der Waals surface area contributed by atoms with Crippen LogP contribution in [-0.4, -0.2) is 38.1 Å². The van der Waals surface area contributed by atoms with Gasteiger partial charge in [0, 0.05) is 25.8 Å². The second-order valence-electron chi connectivity index (χ2n) is 7.41. The molecule has 2 aliphatic rings. The number of aromatic nitrogens is 3. The largest absolute Gasteiger partial charge is 0.364 e. The highest BCUT2D eigenvalue weighted by Gasteiger charge is 2.43. The number of rotatable bonds is 3. The molecule has 0 unspecified atom stereocenters. The lowest BCUT2D eigenvalue weighted by atomic mass is 10.0. The van der Waals surface area contributed by atoms with Crippen molar-refractivity contribution in [1.29, 1.82) is 0 Å². The zero-order valence-corrected chi connectivity index (χ0v) is 15.0. The number of likely N-dealkylation sites (tertiary alicyclic amines) is 1. The topological polar surface area (TPSA) is 43.2 Å². The summed E-state index contributed by atoms with van der Waals surface area (Å²) in [6.45, 7) is 4.00. The van der Waals surface area contributed by atoms with Crippen LogP contribution in [0.4, 0.5) is 4.39 Å². The molecule has 2 aliphatic heterocycles. The van der Waals surface area contributed by atoms with E-state index in [1.807, 2.05) is 36.7 Å². The summed E-state index contributed by atoms with van der Waals surface area (Å²) in [5.41, 5.74) is 2.89. The van der Waals surface area contributed by atoms with Crippen LogP contribution in [0, 0.1) is 5.82 Å². The number of pyridine rings is 1. The molecule has 0 saturated carbocycles. The van der Waals surface area contributed by atoms with Crippen molar-refractivity contribution in [3.63, 3.8) is 0 Å². The van der Waals surface area contributed by atoms with Crippen molar-refractivity contribution in [3.8, 4) is 11.3 Å². The van der Waals surface area contributed by atoms with E-state index in [1.54, 1.807) is 0 Å². The summed E-state index contributed by atoms with van der Waals surface area (Å²) in [7, 11) is 0. The number of ether oxygens (including phenoxy) is 1. The van der Waals surface area contributed by atoms with Gasteiger partial charge in [-0.1, -0.05) is 6.07 Å². The third-order valence-electron chi connectivity index (χ3n) is 5.54. The minimum Gasteiger partial charge on any atom is -0.364 e. The van der Waals surface area contributed by atoms with Gasteiger partial charge < -0.3 is 9.30 Å². The molecule has 2 aromatic heterocycles. The monoisotopic (exact) mass is 364 g/mol. The van der Waals surface area contributed by atoms with Gasteiger partial charge >= 0.3 is 0 Å². The third-order valence-corrected chi connectivity index (χ3v) is 5.54. The Balaban J connectivity index is 1.36. The summed E-state index contributed by atoms with van der Waals surface area (Å²) in [5, 5.41) is 0. The zero-order chi connectivity index (χ0) is 18.3. The van der Waals surface area contributed by atoms with E-state index in [0.29, 0.717) is 6.61 Å². The van der Waals surface area contributed by atoms with Gasteiger partial charge in [0.15, 0.2) is 0 Å². The van der Waals surface area contributed by atoms with E-state index in [1.165, 1.54) is 12.1 Å². The van der Waals surface area contributed by atoms with Crippen LogP contribution < -0.4 is 0 Å². The molecule has 6 heteroatoms. The van der Waals surface area contributed by atoms with Crippen LogP contribution in [0.5, 0.6) is 0 Å². The Kier molecular flexibility index (Phi) is 4.02. The highest BCUT2D eigenvalue weighted by Crippen LogP contribution is 2.35. The van der Waals surface area contributed by atoms with E-state index in [0.717, 1.165) is 55.4 Å². The van der Waals surface area contributed by atoms with Gasteiger partial charge in [0.1, 0.15) is 23.8 Å². The molecule has 5 rings (SSSR count). The van der Waals surface area contributed by atoms with Crippen LogP contribution in [0.25, 0.3) is 11.3 Å². The van der Waals surface area contributed by atoms with Crippen molar-refractivity contribution in [2.24, 2.45) is 0 Å². The van der Waals surface area contributed by atoms with Gasteiger partial charge in [0.2, 0.25) is 0 Å². The summed E-state index contributed by atoms with van der Waals surface area (Å²) in [5.74, 6) is 0.709. The molecule has 0 radical (unpaired) electrons. The van der Waals surface area contributed by atoms with Crippen molar-refractivity contribution < 1.29 is 9.13 Å². The van der Waals surface area contributed by atoms with Gasteiger partial charge in [-0.05, 0) is 48.4 Å². The molecule has 0 bridgehead atoms. The summed E-state index contributed by atoms with van der Waals surface area (Å²) in [6, 6.07) is 12.6. The predicted octanol–water partition coefficient (Wildman–Crippen LogP) is 3.26. The molecule has 1 atom stereocenters. The number of benzene rings is 1. The van der Waals surface area contributed by atoms with Gasteiger partial charge in [0.25, 0.3) is 0 Å². The predicted molar refractivity (Wildman–Crippen MR) is 99.3 cm³/mol. The number of fused-ring (bicyclic) bond motifs is 1. The van der Waals surface area contributed by atoms with Gasteiger partial charge in [-0.3, -0.25) is 9.88 Å². The molecule has 4 heterocycles. The molecule has 0 N–H and O–H groups in total. The quantitative estimate of drug-likeness (QED) is 0.716. The molecule has 27 heavy (non-hydrogen) atoms. The average molecular weight is 364 g/mol. The summed E-state index contributed by atoms with van der Waals surface area (Å²) >= 11 is 0. The fourth-order valence-corrected chi connectivity index (χ4v) is 4.14. The SMILES string of the molecule is Fc1ccc(-c2cnc3n2C[C@]2(CCN(Cc4ccccn4)C2)OC3)cc1. The van der Waals surface area contributed by atoms with Crippen LogP contribution in [0.3, 0.4) is 0 Å². The standard InChI is InChI=1S/C21H21FN4O/c22-17-6-4-16(5-7-17)19-11-24-20-13-27-21(15-26(19)20)8-10-25(14-21)12-18-3-1-2-9-23-18/h1-7,9,11H,8,10,12-15H2/t21-/m1/s1. The number of hydrogen-bond acceptors (Lipinski definition) is 4. The van der Waals surface area contributed by atoms with E-state index in [4.69, 9.17) is 4.74 Å². The maximum absolute atomic E-state index is 13.3. The Labute approximate surface area is 157 Å². The van der Waals surface area contributed by atoms with Crippen molar-refractivity contribution in [2.45, 2.75) is 31.7 Å². The fourth-order valence-electron chi connectivity index (χ4n) is 4.14. The van der Waals surface area contributed by atoms with Crippen LogP contribution >= 0.6 is 0 Å². The first-order valence-electron chi connectivity index (χ1n) is 9.27. The number of imidazole rings is 1. The number of hydrogen-bond donors (Lipinski definition) is 0. The third kappa shape index (κ3) is 3.15. The molecule has 138 valence electrons. The lowest BCUT2D eigenvalue weighted by molar-refractivity contribution is -0.0821. The van der Waals surface area contributed by atoms with Crippen LogP contribution in [-0.2, 0) is 24.4 Å². The maximum Gasteiger partial charge on any atom is 0.135 e. The molecular weight excluding hydrogens is 343 g/mol. The van der Waals surface area contributed by atoms with Crippen molar-refractivity contribution in [1.82, 2.24) is 19.4 Å². The van der Waals surface area contributed by atoms with Gasteiger partial charge in [0.05, 0.1) is 24.1 Å². The molecule has 1 fully saturated rings. The smallest absolute Gasteiger partial charge is 0.135 e. The maximum atomic E-state index is 13.3. The summed E-state index contributed by atoms with van der Waals surface area (Å²) < 4.78 is 21.8. The van der Waals surface area contributed by atoms with Crippen LogP contribution in [0.15, 0.2) is 54.9 Å². The molecule has 0 aliphatic carbocycles. The molecule has 1 aromatic carbocycles. The highest BCUT2D eigenvalue weighted by molar-refractivity contribution is 5.59. The van der Waals surface area contributed by atoms with E-state index < -0.39 is 0 Å². The average Bonchev–Trinajstić information content (AvgIpc) is 3.28. The number of halogens is 1. The molecule has 5 nitrogen and oxygen atoms in total. The first-order chi connectivity index (χ1) is 13.2. The first-order valence-corrected chi connectivity index (χ1v) is 9.27. The van der Waals surface area contributed by atoms with E-state index >= 15 is 0 Å². The van der Waals surface area contributed by atoms with Gasteiger partial charge in [-0.15, -0.1) is 0 Å². The number of nitrogens with zero attached hydrogens (tertiary/aromatic N) is 4. The minimum absolute atomic E-state index is 0.197. The Morgan fingerprint density at radius 1 is 1.07 bits per heavy atom. The molecule has 0 amide bonds. The van der Waals surface area contributed by atoms with Gasteiger partial charge in [-0.25, -0.2) is 9.37 Å². The van der Waals surface area contributed by atoms with Crippen molar-refractivity contribution >= 4 is 0 Å². The molecule has 1 saturated heterocycles. The Morgan fingerprint density at radius 2 is 1.96 bits per heavy atom. The molecule has 3 aromatic rings. The Morgan fingerprint density at radius 3 is 2.78 bits per heavy atom. The van der Waals surface area contributed by atoms with E-state index in [-0.39, 0.29) is 11.4 Å². The second-order valence-corrected chi connectivity index (χ2v) is 7.41. The van der Waals surface area contributed by atoms with Gasteiger partial charge in [-0.2, -0.15) is 0 Å². The zero-order valence-electron chi connectivity index (χ0n) is 15.0. The minimum atomic E-state index is -0.224. The van der Waals surface area contributed by atoms with Crippen LogP contribution in [0.2, 0.25) is 0 Å². The lowest BCUT2D eigenvalue weighted by Crippen LogP contribution is -2.44. The Bertz CT molecular complexity index is 941. The van der Waals surface area contributed by atoms with Crippen molar-refractivity contribution in [3.05, 3.63) is 72.2 Å². The van der Waals surface area contributed by atoms with E-state index in [2.05, 4.69) is 25.5 Å². The second kappa shape index (κ2) is 6.55. The molecule has 1 spiro atoms. The fraction of sp³-hybridized carbons (Fsp3) is 0.333. The van der Waals surface area contributed by atoms with Crippen molar-refractivity contribution in [2.75, 3.05) is 13.1 Å². The highest BCUT2D eigenvalue weighted by atomic mass is 19.1.